The lowest BCUT2D eigenvalue weighted by atomic mass is 9.81. The van der Waals surface area contributed by atoms with E-state index in [1.54, 1.807) is 25.3 Å². The molecule has 0 amide bonds. The van der Waals surface area contributed by atoms with Crippen LogP contribution in [0.5, 0.6) is 5.75 Å². The number of benzene rings is 1. The van der Waals surface area contributed by atoms with Crippen LogP contribution in [0.15, 0.2) is 22.7 Å². The van der Waals surface area contributed by atoms with Gasteiger partial charge in [0.1, 0.15) is 11.7 Å². The number of hydrogen-bond acceptors (Lipinski definition) is 3. The zero-order valence-corrected chi connectivity index (χ0v) is 12.3. The molecule has 104 valence electrons. The van der Waals surface area contributed by atoms with Gasteiger partial charge in [0.25, 0.3) is 0 Å². The van der Waals surface area contributed by atoms with Gasteiger partial charge in [-0.2, -0.15) is 0 Å². The molecule has 1 aromatic carbocycles. The number of aliphatic hydroxyl groups is 1. The SMILES string of the molecule is COc1ccc(C(C(=O)O)C2(O)CCCC2)cc1Br. The molecule has 2 N–H and O–H groups in total. The minimum atomic E-state index is -1.14. The number of rotatable bonds is 4. The predicted octanol–water partition coefficient (Wildman–Crippen LogP) is 2.93. The second-order valence-electron chi connectivity index (χ2n) is 4.98. The quantitative estimate of drug-likeness (QED) is 0.891. The first-order valence-electron chi connectivity index (χ1n) is 6.26. The van der Waals surface area contributed by atoms with E-state index in [0.29, 0.717) is 28.6 Å². The van der Waals surface area contributed by atoms with Gasteiger partial charge in [0.05, 0.1) is 17.2 Å². The highest BCUT2D eigenvalue weighted by Gasteiger charge is 2.44. The highest BCUT2D eigenvalue weighted by molar-refractivity contribution is 9.10. The Kier molecular flexibility index (Phi) is 4.16. The van der Waals surface area contributed by atoms with Gasteiger partial charge in [0.15, 0.2) is 0 Å². The van der Waals surface area contributed by atoms with Crippen LogP contribution in [0.4, 0.5) is 0 Å². The van der Waals surface area contributed by atoms with Crippen molar-refractivity contribution in [1.29, 1.82) is 0 Å². The second kappa shape index (κ2) is 5.51. The van der Waals surface area contributed by atoms with Crippen molar-refractivity contribution in [2.45, 2.75) is 37.2 Å². The van der Waals surface area contributed by atoms with Crippen molar-refractivity contribution >= 4 is 21.9 Å². The van der Waals surface area contributed by atoms with Gasteiger partial charge in [-0.15, -0.1) is 0 Å². The molecule has 1 atom stereocenters. The van der Waals surface area contributed by atoms with Gasteiger partial charge in [-0.25, -0.2) is 0 Å². The molecule has 1 saturated carbocycles. The molecule has 0 aromatic heterocycles. The minimum absolute atomic E-state index is 0.535. The summed E-state index contributed by atoms with van der Waals surface area (Å²) in [6.45, 7) is 0. The smallest absolute Gasteiger partial charge is 0.313 e. The van der Waals surface area contributed by atoms with E-state index in [1.807, 2.05) is 0 Å². The second-order valence-corrected chi connectivity index (χ2v) is 5.83. The maximum atomic E-state index is 11.6. The van der Waals surface area contributed by atoms with Crippen molar-refractivity contribution < 1.29 is 19.7 Å². The first-order valence-corrected chi connectivity index (χ1v) is 7.06. The third-order valence-electron chi connectivity index (χ3n) is 3.76. The molecule has 2 rings (SSSR count). The van der Waals surface area contributed by atoms with Crippen LogP contribution in [0.2, 0.25) is 0 Å². The van der Waals surface area contributed by atoms with E-state index < -0.39 is 17.5 Å². The number of halogens is 1. The Balaban J connectivity index is 2.39. The first-order chi connectivity index (χ1) is 8.98. The minimum Gasteiger partial charge on any atom is -0.496 e. The highest BCUT2D eigenvalue weighted by atomic mass is 79.9. The topological polar surface area (TPSA) is 66.8 Å². The monoisotopic (exact) mass is 328 g/mol. The van der Waals surface area contributed by atoms with Gasteiger partial charge in [0.2, 0.25) is 0 Å². The van der Waals surface area contributed by atoms with E-state index in [4.69, 9.17) is 4.74 Å². The lowest BCUT2D eigenvalue weighted by molar-refractivity contribution is -0.145. The van der Waals surface area contributed by atoms with Crippen LogP contribution in [0.1, 0.15) is 37.2 Å². The fourth-order valence-electron chi connectivity index (χ4n) is 2.82. The van der Waals surface area contributed by atoms with E-state index in [0.717, 1.165) is 12.8 Å². The Bertz CT molecular complexity index is 480. The summed E-state index contributed by atoms with van der Waals surface area (Å²) in [6.07, 6.45) is 2.82. The summed E-state index contributed by atoms with van der Waals surface area (Å²) in [5.41, 5.74) is -0.538. The fraction of sp³-hybridized carbons (Fsp3) is 0.500. The summed E-state index contributed by atoms with van der Waals surface area (Å²) in [5, 5.41) is 20.0. The number of ether oxygens (including phenoxy) is 1. The van der Waals surface area contributed by atoms with E-state index in [2.05, 4.69) is 15.9 Å². The van der Waals surface area contributed by atoms with Crippen molar-refractivity contribution in [3.8, 4) is 5.75 Å². The third-order valence-corrected chi connectivity index (χ3v) is 4.38. The molecule has 0 spiro atoms. The Morgan fingerprint density at radius 1 is 1.42 bits per heavy atom. The summed E-state index contributed by atoms with van der Waals surface area (Å²) >= 11 is 3.35. The average molecular weight is 329 g/mol. The molecule has 1 aliphatic rings. The van der Waals surface area contributed by atoms with Crippen molar-refractivity contribution in [3.05, 3.63) is 28.2 Å². The standard InChI is InChI=1S/C14H17BrO4/c1-19-11-5-4-9(8-10(11)15)12(13(16)17)14(18)6-2-3-7-14/h4-5,8,12,18H,2-3,6-7H2,1H3,(H,16,17). The average Bonchev–Trinajstić information content (AvgIpc) is 2.76. The van der Waals surface area contributed by atoms with Gasteiger partial charge < -0.3 is 14.9 Å². The maximum absolute atomic E-state index is 11.6. The van der Waals surface area contributed by atoms with Crippen LogP contribution in [-0.4, -0.2) is 28.9 Å². The fourth-order valence-corrected chi connectivity index (χ4v) is 3.38. The molecule has 1 aliphatic carbocycles. The highest BCUT2D eigenvalue weighted by Crippen LogP contribution is 2.42. The maximum Gasteiger partial charge on any atom is 0.313 e. The first kappa shape index (κ1) is 14.3. The van der Waals surface area contributed by atoms with Crippen LogP contribution < -0.4 is 4.74 Å². The zero-order valence-electron chi connectivity index (χ0n) is 10.7. The summed E-state index contributed by atoms with van der Waals surface area (Å²) in [6, 6.07) is 5.14. The molecule has 1 fully saturated rings. The lowest BCUT2D eigenvalue weighted by Gasteiger charge is -2.30. The number of aliphatic carboxylic acids is 1. The molecule has 0 radical (unpaired) electrons. The Hall–Kier alpha value is -1.07. The summed E-state index contributed by atoms with van der Waals surface area (Å²) in [5.74, 6) is -1.23. The molecular formula is C14H17BrO4. The normalized spacial score (nSPS) is 19.1. The van der Waals surface area contributed by atoms with Gasteiger partial charge in [0, 0.05) is 0 Å². The third kappa shape index (κ3) is 2.77. The van der Waals surface area contributed by atoms with Crippen LogP contribution in [-0.2, 0) is 4.79 Å². The molecule has 4 nitrogen and oxygen atoms in total. The van der Waals surface area contributed by atoms with Crippen LogP contribution in [0.3, 0.4) is 0 Å². The molecule has 0 saturated heterocycles. The number of carboxylic acids is 1. The lowest BCUT2D eigenvalue weighted by Crippen LogP contribution is -2.38. The summed E-state index contributed by atoms with van der Waals surface area (Å²) in [4.78, 5) is 11.6. The number of carboxylic acid groups (broad SMARTS) is 1. The molecule has 1 unspecified atom stereocenters. The largest absolute Gasteiger partial charge is 0.496 e. The Morgan fingerprint density at radius 2 is 2.05 bits per heavy atom. The van der Waals surface area contributed by atoms with E-state index in [9.17, 15) is 15.0 Å². The molecule has 5 heteroatoms. The van der Waals surface area contributed by atoms with Gasteiger partial charge in [-0.05, 0) is 46.5 Å². The van der Waals surface area contributed by atoms with Gasteiger partial charge in [-0.1, -0.05) is 18.9 Å². The molecule has 0 heterocycles. The van der Waals surface area contributed by atoms with E-state index in [-0.39, 0.29) is 0 Å². The Labute approximate surface area is 120 Å². The van der Waals surface area contributed by atoms with Crippen LogP contribution >= 0.6 is 15.9 Å². The molecular weight excluding hydrogens is 312 g/mol. The number of carbonyl (C=O) groups is 1. The Morgan fingerprint density at radius 3 is 2.53 bits per heavy atom. The number of methoxy groups -OCH3 is 1. The zero-order chi connectivity index (χ0) is 14.0. The van der Waals surface area contributed by atoms with Crippen molar-refractivity contribution in [2.75, 3.05) is 7.11 Å². The van der Waals surface area contributed by atoms with Crippen molar-refractivity contribution in [2.24, 2.45) is 0 Å². The van der Waals surface area contributed by atoms with Gasteiger partial charge >= 0.3 is 5.97 Å². The number of hydrogen-bond donors (Lipinski definition) is 2. The summed E-state index contributed by atoms with van der Waals surface area (Å²) < 4.78 is 5.83. The molecule has 0 aliphatic heterocycles. The molecule has 19 heavy (non-hydrogen) atoms. The molecule has 1 aromatic rings. The van der Waals surface area contributed by atoms with Crippen molar-refractivity contribution in [3.63, 3.8) is 0 Å². The van der Waals surface area contributed by atoms with E-state index in [1.165, 1.54) is 0 Å². The van der Waals surface area contributed by atoms with Gasteiger partial charge in [-0.3, -0.25) is 4.79 Å². The summed E-state index contributed by atoms with van der Waals surface area (Å²) in [7, 11) is 1.55. The van der Waals surface area contributed by atoms with E-state index >= 15 is 0 Å². The molecule has 0 bridgehead atoms. The predicted molar refractivity (Wildman–Crippen MR) is 74.5 cm³/mol. The van der Waals surface area contributed by atoms with Crippen molar-refractivity contribution in [1.82, 2.24) is 0 Å². The van der Waals surface area contributed by atoms with Crippen LogP contribution in [0, 0.1) is 0 Å². The van der Waals surface area contributed by atoms with Crippen LogP contribution in [0.25, 0.3) is 0 Å².